The number of H-pyrrole nitrogens is 1. The number of nitrogens with zero attached hydrogens (tertiary/aromatic N) is 5. The number of para-hydroxylation sites is 1. The van der Waals surface area contributed by atoms with Crippen molar-refractivity contribution >= 4 is 27.9 Å². The van der Waals surface area contributed by atoms with Gasteiger partial charge in [0.25, 0.3) is 6.01 Å². The Morgan fingerprint density at radius 2 is 2.06 bits per heavy atom. The number of aromatic nitrogens is 6. The molecule has 0 aliphatic carbocycles. The van der Waals surface area contributed by atoms with E-state index in [4.69, 9.17) is 9.72 Å². The molecule has 0 bridgehead atoms. The first-order valence-corrected chi connectivity index (χ1v) is 10.8. The lowest BCUT2D eigenvalue weighted by Crippen LogP contribution is -2.25. The van der Waals surface area contributed by atoms with E-state index in [0.717, 1.165) is 18.1 Å². The average Bonchev–Trinajstić information content (AvgIpc) is 3.47. The van der Waals surface area contributed by atoms with Gasteiger partial charge in [-0.3, -0.25) is 9.55 Å². The van der Waals surface area contributed by atoms with Crippen molar-refractivity contribution in [3.05, 3.63) is 60.3 Å². The van der Waals surface area contributed by atoms with Gasteiger partial charge in [0, 0.05) is 35.4 Å². The Kier molecular flexibility index (Phi) is 4.33. The molecule has 0 saturated heterocycles. The van der Waals surface area contributed by atoms with Gasteiger partial charge in [-0.2, -0.15) is 4.98 Å². The smallest absolute Gasteiger partial charge is 0.299 e. The third kappa shape index (κ3) is 3.27. The van der Waals surface area contributed by atoms with Crippen LogP contribution >= 0.6 is 0 Å². The molecule has 2 N–H and O–H groups in total. The number of fused-ring (bicyclic) bond motifs is 4. The Morgan fingerprint density at radius 3 is 2.94 bits per heavy atom. The maximum absolute atomic E-state index is 13.9. The molecule has 0 saturated carbocycles. The van der Waals surface area contributed by atoms with Crippen molar-refractivity contribution < 1.29 is 9.13 Å². The van der Waals surface area contributed by atoms with E-state index in [0.29, 0.717) is 47.5 Å². The van der Waals surface area contributed by atoms with E-state index >= 15 is 0 Å². The third-order valence-electron chi connectivity index (χ3n) is 5.96. The molecule has 1 aromatic carbocycles. The molecule has 5 heterocycles. The number of ether oxygens (including phenoxy) is 1. The van der Waals surface area contributed by atoms with Crippen LogP contribution in [0.3, 0.4) is 0 Å². The van der Waals surface area contributed by atoms with Gasteiger partial charge in [-0.05, 0) is 38.0 Å². The van der Waals surface area contributed by atoms with E-state index in [-0.39, 0.29) is 5.54 Å². The highest BCUT2D eigenvalue weighted by Gasteiger charge is 2.36. The minimum absolute atomic E-state index is 0.308. The highest BCUT2D eigenvalue weighted by Crippen LogP contribution is 2.37. The molecule has 1 aliphatic heterocycles. The Bertz CT molecular complexity index is 1500. The molecule has 0 spiro atoms. The fraction of sp³-hybridized carbons (Fsp3) is 0.250. The maximum Gasteiger partial charge on any atom is 0.299 e. The quantitative estimate of drug-likeness (QED) is 0.421. The van der Waals surface area contributed by atoms with Crippen LogP contribution in [0.4, 0.5) is 10.2 Å². The number of imidazole rings is 1. The van der Waals surface area contributed by atoms with Crippen molar-refractivity contribution in [2.75, 3.05) is 18.5 Å². The van der Waals surface area contributed by atoms with E-state index in [2.05, 4.69) is 51.2 Å². The van der Waals surface area contributed by atoms with Crippen molar-refractivity contribution in [2.24, 2.45) is 0 Å². The van der Waals surface area contributed by atoms with E-state index < -0.39 is 5.82 Å². The standard InChI is InChI=1S/C24H22FN7O/c1-24(2)13-33-23-29-19-21(27-8-7-14-11-28-18-6-4-3-5-17(14)18)30-20(31-22(19)32(23)24)15-9-16(25)12-26-10-15/h3-6,9-12,28H,7-8,13H2,1-2H3,(H,27,30,31). The monoisotopic (exact) mass is 443 g/mol. The second-order valence-electron chi connectivity index (χ2n) is 8.83. The second kappa shape index (κ2) is 7.26. The van der Waals surface area contributed by atoms with Crippen molar-refractivity contribution in [3.63, 3.8) is 0 Å². The van der Waals surface area contributed by atoms with E-state index in [1.807, 2.05) is 22.9 Å². The van der Waals surface area contributed by atoms with Crippen LogP contribution in [-0.2, 0) is 12.0 Å². The van der Waals surface area contributed by atoms with E-state index in [1.54, 1.807) is 6.20 Å². The van der Waals surface area contributed by atoms with Crippen LogP contribution in [0.15, 0.2) is 48.9 Å². The fourth-order valence-electron chi connectivity index (χ4n) is 4.33. The number of benzene rings is 1. The molecule has 1 aliphatic rings. The van der Waals surface area contributed by atoms with Gasteiger partial charge >= 0.3 is 0 Å². The molecule has 166 valence electrons. The van der Waals surface area contributed by atoms with E-state index in [1.165, 1.54) is 17.0 Å². The lowest BCUT2D eigenvalue weighted by atomic mass is 10.1. The number of anilines is 1. The first-order valence-electron chi connectivity index (χ1n) is 10.8. The predicted molar refractivity (Wildman–Crippen MR) is 124 cm³/mol. The van der Waals surface area contributed by atoms with Gasteiger partial charge in [0.2, 0.25) is 0 Å². The highest BCUT2D eigenvalue weighted by molar-refractivity contribution is 5.87. The van der Waals surface area contributed by atoms with Crippen molar-refractivity contribution in [2.45, 2.75) is 25.8 Å². The molecule has 0 unspecified atom stereocenters. The normalized spacial score (nSPS) is 14.5. The van der Waals surface area contributed by atoms with Crippen LogP contribution in [0.2, 0.25) is 0 Å². The van der Waals surface area contributed by atoms with Gasteiger partial charge in [0.15, 0.2) is 22.8 Å². The minimum atomic E-state index is -0.438. The number of halogens is 1. The zero-order chi connectivity index (χ0) is 22.6. The number of aromatic amines is 1. The molecule has 5 aromatic rings. The Labute approximate surface area is 188 Å². The van der Waals surface area contributed by atoms with Crippen LogP contribution in [0.1, 0.15) is 19.4 Å². The Balaban J connectivity index is 1.39. The number of hydrogen-bond acceptors (Lipinski definition) is 6. The summed E-state index contributed by atoms with van der Waals surface area (Å²) < 4.78 is 21.7. The summed E-state index contributed by atoms with van der Waals surface area (Å²) in [5.41, 5.74) is 3.81. The third-order valence-corrected chi connectivity index (χ3v) is 5.96. The Hall–Kier alpha value is -4.01. The number of pyridine rings is 1. The summed E-state index contributed by atoms with van der Waals surface area (Å²) in [4.78, 5) is 21.3. The van der Waals surface area contributed by atoms with Gasteiger partial charge in [0.05, 0.1) is 11.7 Å². The lowest BCUT2D eigenvalue weighted by Gasteiger charge is -2.18. The predicted octanol–water partition coefficient (Wildman–Crippen LogP) is 4.29. The molecule has 0 atom stereocenters. The highest BCUT2D eigenvalue weighted by atomic mass is 19.1. The molecule has 9 heteroatoms. The number of nitrogens with one attached hydrogen (secondary N) is 2. The summed E-state index contributed by atoms with van der Waals surface area (Å²) in [5.74, 6) is 0.530. The van der Waals surface area contributed by atoms with Gasteiger partial charge in [-0.15, -0.1) is 0 Å². The number of hydrogen-bond donors (Lipinski definition) is 2. The summed E-state index contributed by atoms with van der Waals surface area (Å²) in [7, 11) is 0. The van der Waals surface area contributed by atoms with Crippen molar-refractivity contribution in [3.8, 4) is 17.4 Å². The van der Waals surface area contributed by atoms with Gasteiger partial charge in [-0.1, -0.05) is 18.2 Å². The van der Waals surface area contributed by atoms with Crippen LogP contribution in [-0.4, -0.2) is 42.6 Å². The summed E-state index contributed by atoms with van der Waals surface area (Å²) in [6.45, 7) is 5.29. The summed E-state index contributed by atoms with van der Waals surface area (Å²) in [6, 6.07) is 10.1. The zero-order valence-electron chi connectivity index (χ0n) is 18.3. The lowest BCUT2D eigenvalue weighted by molar-refractivity contribution is 0.268. The van der Waals surface area contributed by atoms with Crippen molar-refractivity contribution in [1.29, 1.82) is 0 Å². The van der Waals surface area contributed by atoms with Gasteiger partial charge < -0.3 is 15.0 Å². The van der Waals surface area contributed by atoms with Crippen LogP contribution < -0.4 is 10.1 Å². The molecule has 6 rings (SSSR count). The molecule has 4 aromatic heterocycles. The summed E-state index contributed by atoms with van der Waals surface area (Å²) in [5, 5.41) is 4.62. The maximum atomic E-state index is 13.9. The van der Waals surface area contributed by atoms with Crippen LogP contribution in [0, 0.1) is 5.82 Å². The molecule has 0 amide bonds. The molecule has 33 heavy (non-hydrogen) atoms. The molecule has 0 fully saturated rings. The molecule has 0 radical (unpaired) electrons. The zero-order valence-corrected chi connectivity index (χ0v) is 18.3. The Morgan fingerprint density at radius 1 is 1.18 bits per heavy atom. The summed E-state index contributed by atoms with van der Waals surface area (Å²) in [6.07, 6.45) is 5.55. The minimum Gasteiger partial charge on any atom is -0.462 e. The first-order chi connectivity index (χ1) is 16.0. The fourth-order valence-corrected chi connectivity index (χ4v) is 4.33. The van der Waals surface area contributed by atoms with Gasteiger partial charge in [-0.25, -0.2) is 14.4 Å². The molecule has 8 nitrogen and oxygen atoms in total. The largest absolute Gasteiger partial charge is 0.462 e. The van der Waals surface area contributed by atoms with Crippen LogP contribution in [0.25, 0.3) is 33.5 Å². The van der Waals surface area contributed by atoms with Crippen LogP contribution in [0.5, 0.6) is 6.01 Å². The van der Waals surface area contributed by atoms with Gasteiger partial charge in [0.1, 0.15) is 12.4 Å². The molecular formula is C24H22FN7O. The first kappa shape index (κ1) is 19.7. The topological polar surface area (TPSA) is 93.5 Å². The van der Waals surface area contributed by atoms with E-state index in [9.17, 15) is 4.39 Å². The second-order valence-corrected chi connectivity index (χ2v) is 8.83. The average molecular weight is 443 g/mol. The van der Waals surface area contributed by atoms with Crippen molar-refractivity contribution in [1.82, 2.24) is 29.5 Å². The summed E-state index contributed by atoms with van der Waals surface area (Å²) >= 11 is 0. The number of rotatable bonds is 5. The molecular weight excluding hydrogens is 421 g/mol. The SMILES string of the molecule is CC1(C)COc2nc3c(NCCc4c[nH]c5ccccc45)nc(-c4cncc(F)c4)nc3n21.